The van der Waals surface area contributed by atoms with Crippen molar-refractivity contribution < 1.29 is 14.0 Å². The van der Waals surface area contributed by atoms with E-state index in [1.807, 2.05) is 18.2 Å². The molecular weight excluding hydrogens is 393 g/mol. The van der Waals surface area contributed by atoms with Crippen molar-refractivity contribution in [3.63, 3.8) is 0 Å². The van der Waals surface area contributed by atoms with E-state index in [0.29, 0.717) is 17.2 Å². The summed E-state index contributed by atoms with van der Waals surface area (Å²) in [6, 6.07) is 12.9. The van der Waals surface area contributed by atoms with E-state index in [2.05, 4.69) is 5.10 Å². The Bertz CT molecular complexity index is 943. The van der Waals surface area contributed by atoms with Crippen LogP contribution in [0.3, 0.4) is 0 Å². The number of hydrogen-bond acceptors (Lipinski definition) is 3. The summed E-state index contributed by atoms with van der Waals surface area (Å²) in [5.74, 6) is -0.982. The highest BCUT2D eigenvalue weighted by Crippen LogP contribution is 2.34. The molecule has 0 aliphatic carbocycles. The second-order valence-corrected chi connectivity index (χ2v) is 7.79. The van der Waals surface area contributed by atoms with Crippen LogP contribution in [0.4, 0.5) is 4.39 Å². The van der Waals surface area contributed by atoms with Crippen molar-refractivity contribution in [1.29, 1.82) is 0 Å². The van der Waals surface area contributed by atoms with Crippen LogP contribution in [0.1, 0.15) is 37.4 Å². The molecule has 5 nitrogen and oxygen atoms in total. The van der Waals surface area contributed by atoms with Crippen molar-refractivity contribution in [3.8, 4) is 0 Å². The Balaban J connectivity index is 1.91. The van der Waals surface area contributed by atoms with Gasteiger partial charge in [0.1, 0.15) is 12.4 Å². The van der Waals surface area contributed by atoms with Crippen molar-refractivity contribution in [2.45, 2.75) is 26.3 Å². The average Bonchev–Trinajstić information content (AvgIpc) is 3.13. The predicted octanol–water partition coefficient (Wildman–Crippen LogP) is 4.27. The maximum Gasteiger partial charge on any atom is 0.262 e. The maximum atomic E-state index is 13.4. The van der Waals surface area contributed by atoms with Gasteiger partial charge in [-0.05, 0) is 23.8 Å². The first-order valence-corrected chi connectivity index (χ1v) is 9.80. The molecule has 152 valence electrons. The first-order chi connectivity index (χ1) is 13.8. The van der Waals surface area contributed by atoms with Gasteiger partial charge in [-0.2, -0.15) is 5.10 Å². The summed E-state index contributed by atoms with van der Waals surface area (Å²) < 4.78 is 13.4. The van der Waals surface area contributed by atoms with Gasteiger partial charge in [-0.25, -0.2) is 9.40 Å². The Morgan fingerprint density at radius 1 is 1.21 bits per heavy atom. The first kappa shape index (κ1) is 21.0. The molecular formula is C22H23ClFN3O2. The minimum atomic E-state index is -0.392. The number of carbonyl (C=O) groups is 2. The second kappa shape index (κ2) is 8.74. The summed E-state index contributed by atoms with van der Waals surface area (Å²) in [5.41, 5.74) is 2.20. The van der Waals surface area contributed by atoms with Crippen LogP contribution in [0.25, 0.3) is 0 Å². The fraction of sp³-hybridized carbons (Fsp3) is 0.318. The highest BCUT2D eigenvalue weighted by molar-refractivity contribution is 6.34. The molecule has 2 amide bonds. The van der Waals surface area contributed by atoms with Gasteiger partial charge in [0, 0.05) is 30.0 Å². The highest BCUT2D eigenvalue weighted by atomic mass is 35.5. The number of benzene rings is 2. The molecule has 0 bridgehead atoms. The average molecular weight is 416 g/mol. The number of likely N-dealkylation sites (N-methyl/N-ethyl adjacent to an activating group) is 1. The van der Waals surface area contributed by atoms with E-state index in [-0.39, 0.29) is 30.1 Å². The molecule has 0 saturated carbocycles. The lowest BCUT2D eigenvalue weighted by Gasteiger charge is -2.25. The van der Waals surface area contributed by atoms with Gasteiger partial charge < -0.3 is 4.90 Å². The zero-order valence-corrected chi connectivity index (χ0v) is 17.4. The standard InChI is InChI=1S/C22H23ClFN3O2/c1-14(2)22(29)26(3)13-21(28)27-20(15-8-10-16(24)11-9-15)12-19(25-27)17-6-4-5-7-18(17)23/h4-11,14,20H,12-13H2,1-3H3/t20-/m0/s1. The molecule has 3 rings (SSSR count). The summed E-state index contributed by atoms with van der Waals surface area (Å²) in [5, 5.41) is 6.47. The van der Waals surface area contributed by atoms with Crippen molar-refractivity contribution >= 4 is 29.1 Å². The fourth-order valence-electron chi connectivity index (χ4n) is 3.34. The van der Waals surface area contributed by atoms with Gasteiger partial charge in [0.2, 0.25) is 5.91 Å². The van der Waals surface area contributed by atoms with Crippen LogP contribution >= 0.6 is 11.6 Å². The molecule has 0 saturated heterocycles. The quantitative estimate of drug-likeness (QED) is 0.732. The Morgan fingerprint density at radius 3 is 2.48 bits per heavy atom. The Kier molecular flexibility index (Phi) is 6.33. The Hall–Kier alpha value is -2.73. The lowest BCUT2D eigenvalue weighted by molar-refractivity contribution is -0.142. The molecule has 0 radical (unpaired) electrons. The maximum absolute atomic E-state index is 13.4. The van der Waals surface area contributed by atoms with Crippen molar-refractivity contribution in [1.82, 2.24) is 9.91 Å². The number of carbonyl (C=O) groups excluding carboxylic acids is 2. The van der Waals surface area contributed by atoms with Crippen molar-refractivity contribution in [2.75, 3.05) is 13.6 Å². The molecule has 1 aliphatic rings. The first-order valence-electron chi connectivity index (χ1n) is 9.42. The number of halogens is 2. The topological polar surface area (TPSA) is 53.0 Å². The van der Waals surface area contributed by atoms with Gasteiger partial charge in [-0.1, -0.05) is 55.8 Å². The van der Waals surface area contributed by atoms with Crippen molar-refractivity contribution in [3.05, 3.63) is 70.5 Å². The van der Waals surface area contributed by atoms with E-state index in [0.717, 1.165) is 11.1 Å². The zero-order valence-electron chi connectivity index (χ0n) is 16.6. The van der Waals surface area contributed by atoms with E-state index in [1.165, 1.54) is 22.0 Å². The molecule has 2 aromatic rings. The monoisotopic (exact) mass is 415 g/mol. The van der Waals surface area contributed by atoms with Gasteiger partial charge in [-0.3, -0.25) is 9.59 Å². The van der Waals surface area contributed by atoms with Crippen LogP contribution < -0.4 is 0 Å². The summed E-state index contributed by atoms with van der Waals surface area (Å²) in [6.45, 7) is 3.48. The molecule has 1 heterocycles. The van der Waals surface area contributed by atoms with Gasteiger partial charge in [0.25, 0.3) is 5.91 Å². The van der Waals surface area contributed by atoms with E-state index < -0.39 is 6.04 Å². The van der Waals surface area contributed by atoms with E-state index in [4.69, 9.17) is 11.6 Å². The molecule has 0 aromatic heterocycles. The Labute approximate surface area is 174 Å². The van der Waals surface area contributed by atoms with Gasteiger partial charge in [0.15, 0.2) is 0 Å². The number of hydrazone groups is 1. The van der Waals surface area contributed by atoms with E-state index in [1.54, 1.807) is 39.1 Å². The van der Waals surface area contributed by atoms with Crippen LogP contribution in [0.2, 0.25) is 5.02 Å². The lowest BCUT2D eigenvalue weighted by Crippen LogP contribution is -2.40. The third kappa shape index (κ3) is 4.65. The van der Waals surface area contributed by atoms with Crippen LogP contribution in [0.15, 0.2) is 53.6 Å². The number of amides is 2. The van der Waals surface area contributed by atoms with Crippen LogP contribution in [0.5, 0.6) is 0 Å². The highest BCUT2D eigenvalue weighted by Gasteiger charge is 2.34. The Morgan fingerprint density at radius 2 is 1.86 bits per heavy atom. The SMILES string of the molecule is CC(C)C(=O)N(C)CC(=O)N1N=C(c2ccccc2Cl)C[C@H]1c1ccc(F)cc1. The van der Waals surface area contributed by atoms with Gasteiger partial charge in [0.05, 0.1) is 11.8 Å². The molecule has 1 aliphatic heterocycles. The number of hydrogen-bond donors (Lipinski definition) is 0. The summed E-state index contributed by atoms with van der Waals surface area (Å²) in [4.78, 5) is 26.6. The molecule has 2 aromatic carbocycles. The van der Waals surface area contributed by atoms with E-state index >= 15 is 0 Å². The zero-order chi connectivity index (χ0) is 21.1. The molecule has 7 heteroatoms. The molecule has 29 heavy (non-hydrogen) atoms. The fourth-order valence-corrected chi connectivity index (χ4v) is 3.58. The van der Waals surface area contributed by atoms with Crippen molar-refractivity contribution in [2.24, 2.45) is 11.0 Å². The largest absolute Gasteiger partial charge is 0.336 e. The van der Waals surface area contributed by atoms with Crippen LogP contribution in [0, 0.1) is 11.7 Å². The second-order valence-electron chi connectivity index (χ2n) is 7.39. The van der Waals surface area contributed by atoms with E-state index in [9.17, 15) is 14.0 Å². The smallest absolute Gasteiger partial charge is 0.262 e. The minimum Gasteiger partial charge on any atom is -0.336 e. The molecule has 0 N–H and O–H groups in total. The third-order valence-electron chi connectivity index (χ3n) is 4.85. The molecule has 0 spiro atoms. The third-order valence-corrected chi connectivity index (χ3v) is 5.18. The van der Waals surface area contributed by atoms with Crippen LogP contribution in [-0.4, -0.2) is 41.0 Å². The predicted molar refractivity (Wildman–Crippen MR) is 111 cm³/mol. The number of nitrogens with zero attached hydrogens (tertiary/aromatic N) is 3. The summed E-state index contributed by atoms with van der Waals surface area (Å²) in [7, 11) is 1.60. The van der Waals surface area contributed by atoms with Gasteiger partial charge in [-0.15, -0.1) is 0 Å². The molecule has 1 atom stereocenters. The summed E-state index contributed by atoms with van der Waals surface area (Å²) in [6.07, 6.45) is 0.447. The minimum absolute atomic E-state index is 0.0893. The summed E-state index contributed by atoms with van der Waals surface area (Å²) >= 11 is 6.32. The molecule has 0 fully saturated rings. The van der Waals surface area contributed by atoms with Gasteiger partial charge >= 0.3 is 0 Å². The molecule has 0 unspecified atom stereocenters. The van der Waals surface area contributed by atoms with Crippen LogP contribution in [-0.2, 0) is 9.59 Å². The normalized spacial score (nSPS) is 16.1. The number of rotatable bonds is 5. The lowest BCUT2D eigenvalue weighted by atomic mass is 9.98.